The molecule has 0 atom stereocenters. The molecule has 1 aromatic carbocycles. The average molecular weight is 210 g/mol. The van der Waals surface area contributed by atoms with Crippen molar-refractivity contribution >= 4 is 17.6 Å². The predicted molar refractivity (Wildman–Crippen MR) is 52.2 cm³/mol. The van der Waals surface area contributed by atoms with E-state index in [0.717, 1.165) is 0 Å². The molecule has 1 N–H and O–H groups in total. The summed E-state index contributed by atoms with van der Waals surface area (Å²) in [5.74, 6) is -0.931. The highest BCUT2D eigenvalue weighted by Gasteiger charge is 2.09. The van der Waals surface area contributed by atoms with E-state index in [9.17, 15) is 4.79 Å². The highest BCUT2D eigenvalue weighted by Crippen LogP contribution is 2.20. The lowest BCUT2D eigenvalue weighted by Crippen LogP contribution is -2.03. The number of aliphatic carboxylic acids is 1. The SMILES string of the molecule is Cc1c(C#N)cc(Cl)cc1CC(=O)O. The second-order valence-electron chi connectivity index (χ2n) is 2.92. The quantitative estimate of drug-likeness (QED) is 0.812. The van der Waals surface area contributed by atoms with Gasteiger partial charge in [-0.3, -0.25) is 4.79 Å². The topological polar surface area (TPSA) is 61.1 Å². The highest BCUT2D eigenvalue weighted by atomic mass is 35.5. The van der Waals surface area contributed by atoms with Gasteiger partial charge in [-0.1, -0.05) is 11.6 Å². The normalized spacial score (nSPS) is 9.50. The van der Waals surface area contributed by atoms with E-state index in [1.807, 2.05) is 6.07 Å². The Kier molecular flexibility index (Phi) is 3.10. The second-order valence-corrected chi connectivity index (χ2v) is 3.36. The molecule has 0 saturated heterocycles. The molecule has 1 rings (SSSR count). The van der Waals surface area contributed by atoms with Crippen LogP contribution in [-0.2, 0) is 11.2 Å². The number of hydrogen-bond acceptors (Lipinski definition) is 2. The molecule has 0 fully saturated rings. The van der Waals surface area contributed by atoms with E-state index >= 15 is 0 Å². The van der Waals surface area contributed by atoms with Gasteiger partial charge in [0.1, 0.15) is 0 Å². The molecule has 0 bridgehead atoms. The number of carboxylic acids is 1. The number of hydrogen-bond donors (Lipinski definition) is 1. The Morgan fingerprint density at radius 2 is 2.29 bits per heavy atom. The fourth-order valence-electron chi connectivity index (χ4n) is 1.20. The maximum Gasteiger partial charge on any atom is 0.307 e. The zero-order valence-corrected chi connectivity index (χ0v) is 8.30. The molecule has 0 heterocycles. The van der Waals surface area contributed by atoms with Crippen LogP contribution >= 0.6 is 11.6 Å². The molecule has 3 nitrogen and oxygen atoms in total. The summed E-state index contributed by atoms with van der Waals surface area (Å²) in [6, 6.07) is 5.08. The first-order valence-corrected chi connectivity index (χ1v) is 4.33. The predicted octanol–water partition coefficient (Wildman–Crippen LogP) is 2.15. The van der Waals surface area contributed by atoms with Gasteiger partial charge >= 0.3 is 5.97 Å². The van der Waals surface area contributed by atoms with Gasteiger partial charge in [0.2, 0.25) is 0 Å². The molecule has 0 unspecified atom stereocenters. The molecule has 0 amide bonds. The summed E-state index contributed by atoms with van der Waals surface area (Å²) in [6.45, 7) is 1.72. The smallest absolute Gasteiger partial charge is 0.307 e. The van der Waals surface area contributed by atoms with Crippen LogP contribution in [0.25, 0.3) is 0 Å². The van der Waals surface area contributed by atoms with E-state index in [-0.39, 0.29) is 6.42 Å². The number of nitrogens with zero attached hydrogens (tertiary/aromatic N) is 1. The van der Waals surface area contributed by atoms with Gasteiger partial charge in [0.05, 0.1) is 18.1 Å². The molecular weight excluding hydrogens is 202 g/mol. The summed E-state index contributed by atoms with van der Waals surface area (Å²) in [5.41, 5.74) is 1.69. The molecule has 0 spiro atoms. The monoisotopic (exact) mass is 209 g/mol. The van der Waals surface area contributed by atoms with Crippen molar-refractivity contribution in [1.82, 2.24) is 0 Å². The minimum atomic E-state index is -0.931. The summed E-state index contributed by atoms with van der Waals surface area (Å²) in [5, 5.41) is 17.8. The summed E-state index contributed by atoms with van der Waals surface area (Å²) in [6.07, 6.45) is -0.110. The molecular formula is C10H8ClNO2. The highest BCUT2D eigenvalue weighted by molar-refractivity contribution is 6.30. The van der Waals surface area contributed by atoms with Crippen LogP contribution < -0.4 is 0 Å². The van der Waals surface area contributed by atoms with Crippen molar-refractivity contribution in [3.8, 4) is 6.07 Å². The first-order valence-electron chi connectivity index (χ1n) is 3.95. The first kappa shape index (κ1) is 10.6. The maximum atomic E-state index is 10.5. The van der Waals surface area contributed by atoms with Crippen LogP contribution in [0.15, 0.2) is 12.1 Å². The Bertz CT molecular complexity index is 421. The molecule has 0 saturated carbocycles. The minimum absolute atomic E-state index is 0.110. The van der Waals surface area contributed by atoms with Crippen molar-refractivity contribution in [2.24, 2.45) is 0 Å². The van der Waals surface area contributed by atoms with E-state index in [4.69, 9.17) is 22.0 Å². The number of carbonyl (C=O) groups is 1. The van der Waals surface area contributed by atoms with Crippen LogP contribution in [0.1, 0.15) is 16.7 Å². The fourth-order valence-corrected chi connectivity index (χ4v) is 1.44. The van der Waals surface area contributed by atoms with Crippen LogP contribution in [-0.4, -0.2) is 11.1 Å². The van der Waals surface area contributed by atoms with E-state index in [1.54, 1.807) is 13.0 Å². The zero-order valence-electron chi connectivity index (χ0n) is 7.54. The fraction of sp³-hybridized carbons (Fsp3) is 0.200. The third kappa shape index (κ3) is 2.24. The second kappa shape index (κ2) is 4.12. The van der Waals surface area contributed by atoms with Gasteiger partial charge in [-0.05, 0) is 30.2 Å². The molecule has 0 aromatic heterocycles. The van der Waals surface area contributed by atoms with Crippen LogP contribution in [0, 0.1) is 18.3 Å². The third-order valence-electron chi connectivity index (χ3n) is 1.94. The van der Waals surface area contributed by atoms with Gasteiger partial charge in [0.15, 0.2) is 0 Å². The molecule has 72 valence electrons. The first-order chi connectivity index (χ1) is 6.54. The van der Waals surface area contributed by atoms with Gasteiger partial charge in [0, 0.05) is 5.02 Å². The van der Waals surface area contributed by atoms with Crippen molar-refractivity contribution < 1.29 is 9.90 Å². The van der Waals surface area contributed by atoms with Gasteiger partial charge < -0.3 is 5.11 Å². The van der Waals surface area contributed by atoms with Crippen molar-refractivity contribution in [2.45, 2.75) is 13.3 Å². The maximum absolute atomic E-state index is 10.5. The largest absolute Gasteiger partial charge is 0.481 e. The van der Waals surface area contributed by atoms with Crippen LogP contribution in [0.2, 0.25) is 5.02 Å². The van der Waals surface area contributed by atoms with E-state index in [0.29, 0.717) is 21.7 Å². The molecule has 0 aliphatic heterocycles. The number of carboxylic acid groups (broad SMARTS) is 1. The van der Waals surface area contributed by atoms with E-state index < -0.39 is 5.97 Å². The molecule has 0 aliphatic carbocycles. The lowest BCUT2D eigenvalue weighted by Gasteiger charge is -2.05. The van der Waals surface area contributed by atoms with Crippen molar-refractivity contribution in [3.05, 3.63) is 33.8 Å². The molecule has 4 heteroatoms. The minimum Gasteiger partial charge on any atom is -0.481 e. The number of benzene rings is 1. The number of nitriles is 1. The standard InChI is InChI=1S/C10H8ClNO2/c1-6-7(4-10(13)14)2-9(11)3-8(6)5-12/h2-3H,4H2,1H3,(H,13,14). The Labute approximate surface area is 86.5 Å². The van der Waals surface area contributed by atoms with Gasteiger partial charge in [0.25, 0.3) is 0 Å². The van der Waals surface area contributed by atoms with Gasteiger partial charge in [-0.25, -0.2) is 0 Å². The average Bonchev–Trinajstić information content (AvgIpc) is 2.09. The molecule has 1 aromatic rings. The van der Waals surface area contributed by atoms with Crippen molar-refractivity contribution in [3.63, 3.8) is 0 Å². The van der Waals surface area contributed by atoms with E-state index in [1.165, 1.54) is 6.07 Å². The summed E-state index contributed by atoms with van der Waals surface area (Å²) in [7, 11) is 0. The summed E-state index contributed by atoms with van der Waals surface area (Å²) in [4.78, 5) is 10.5. The summed E-state index contributed by atoms with van der Waals surface area (Å²) < 4.78 is 0. The van der Waals surface area contributed by atoms with Crippen LogP contribution in [0.5, 0.6) is 0 Å². The lowest BCUT2D eigenvalue weighted by molar-refractivity contribution is -0.136. The number of rotatable bonds is 2. The third-order valence-corrected chi connectivity index (χ3v) is 2.16. The van der Waals surface area contributed by atoms with Crippen molar-refractivity contribution in [1.29, 1.82) is 5.26 Å². The van der Waals surface area contributed by atoms with Gasteiger partial charge in [-0.15, -0.1) is 0 Å². The number of halogens is 1. The van der Waals surface area contributed by atoms with Crippen molar-refractivity contribution in [2.75, 3.05) is 0 Å². The van der Waals surface area contributed by atoms with E-state index in [2.05, 4.69) is 0 Å². The summed E-state index contributed by atoms with van der Waals surface area (Å²) >= 11 is 5.74. The Hall–Kier alpha value is -1.53. The molecule has 14 heavy (non-hydrogen) atoms. The zero-order chi connectivity index (χ0) is 10.7. The van der Waals surface area contributed by atoms with Crippen LogP contribution in [0.4, 0.5) is 0 Å². The molecule has 0 radical (unpaired) electrons. The Morgan fingerprint density at radius 1 is 1.64 bits per heavy atom. The van der Waals surface area contributed by atoms with Crippen LogP contribution in [0.3, 0.4) is 0 Å². The Balaban J connectivity index is 3.23. The Morgan fingerprint density at radius 3 is 2.79 bits per heavy atom. The molecule has 0 aliphatic rings. The van der Waals surface area contributed by atoms with Gasteiger partial charge in [-0.2, -0.15) is 5.26 Å². The lowest BCUT2D eigenvalue weighted by atomic mass is 10.0.